The van der Waals surface area contributed by atoms with Crippen molar-refractivity contribution in [3.8, 4) is 5.75 Å². The van der Waals surface area contributed by atoms with E-state index in [9.17, 15) is 4.79 Å². The number of benzene rings is 1. The largest absolute Gasteiger partial charge is 0.497 e. The van der Waals surface area contributed by atoms with E-state index in [0.29, 0.717) is 31.2 Å². The van der Waals surface area contributed by atoms with Gasteiger partial charge in [0.15, 0.2) is 0 Å². The van der Waals surface area contributed by atoms with E-state index < -0.39 is 0 Å². The maximum Gasteiger partial charge on any atom is 0.270 e. The molecule has 0 atom stereocenters. The van der Waals surface area contributed by atoms with Crippen molar-refractivity contribution in [1.82, 2.24) is 20.3 Å². The van der Waals surface area contributed by atoms with Gasteiger partial charge >= 0.3 is 0 Å². The highest BCUT2D eigenvalue weighted by molar-refractivity contribution is 5.92. The van der Waals surface area contributed by atoms with Crippen molar-refractivity contribution in [2.24, 2.45) is 0 Å². The Morgan fingerprint density at radius 3 is 2.81 bits per heavy atom. The summed E-state index contributed by atoms with van der Waals surface area (Å²) in [6, 6.07) is 15.0. The molecule has 2 aromatic heterocycles. The molecule has 2 heterocycles. The summed E-state index contributed by atoms with van der Waals surface area (Å²) in [6.07, 6.45) is 3.99. The highest BCUT2D eigenvalue weighted by Crippen LogP contribution is 2.12. The number of methoxy groups -OCH3 is 1. The van der Waals surface area contributed by atoms with Crippen molar-refractivity contribution in [3.63, 3.8) is 0 Å². The molecule has 0 saturated carbocycles. The van der Waals surface area contributed by atoms with Crippen LogP contribution in [-0.4, -0.2) is 34.5 Å². The van der Waals surface area contributed by atoms with Crippen molar-refractivity contribution < 1.29 is 9.53 Å². The lowest BCUT2D eigenvalue weighted by Crippen LogP contribution is -2.26. The molecule has 138 valence electrons. The van der Waals surface area contributed by atoms with Gasteiger partial charge in [0.1, 0.15) is 11.4 Å². The number of ether oxygens (including phenoxy) is 1. The SMILES string of the molecule is COc1cccc(CCNC(=O)c2ccnc(NCc3ccccn3)n2)c1. The molecule has 0 aliphatic heterocycles. The monoisotopic (exact) mass is 363 g/mol. The van der Waals surface area contributed by atoms with Gasteiger partial charge in [0, 0.05) is 18.9 Å². The van der Waals surface area contributed by atoms with Crippen LogP contribution in [0.15, 0.2) is 60.9 Å². The van der Waals surface area contributed by atoms with E-state index in [4.69, 9.17) is 4.74 Å². The smallest absolute Gasteiger partial charge is 0.270 e. The first-order chi connectivity index (χ1) is 13.2. The van der Waals surface area contributed by atoms with Gasteiger partial charge in [-0.05, 0) is 42.3 Å². The van der Waals surface area contributed by atoms with Crippen LogP contribution < -0.4 is 15.4 Å². The maximum atomic E-state index is 12.3. The topological polar surface area (TPSA) is 89.0 Å². The second-order valence-electron chi connectivity index (χ2n) is 5.80. The first-order valence-electron chi connectivity index (χ1n) is 8.62. The van der Waals surface area contributed by atoms with Crippen LogP contribution in [0.3, 0.4) is 0 Å². The fourth-order valence-electron chi connectivity index (χ4n) is 2.48. The summed E-state index contributed by atoms with van der Waals surface area (Å²) in [7, 11) is 1.63. The predicted octanol–water partition coefficient (Wildman–Crippen LogP) is 2.46. The van der Waals surface area contributed by atoms with Gasteiger partial charge in [0.05, 0.1) is 19.3 Å². The zero-order valence-corrected chi connectivity index (χ0v) is 15.1. The van der Waals surface area contributed by atoms with Crippen LogP contribution >= 0.6 is 0 Å². The zero-order valence-electron chi connectivity index (χ0n) is 15.1. The number of aromatic nitrogens is 3. The third-order valence-corrected chi connectivity index (χ3v) is 3.88. The van der Waals surface area contributed by atoms with Crippen LogP contribution in [0.25, 0.3) is 0 Å². The van der Waals surface area contributed by atoms with Crippen molar-refractivity contribution >= 4 is 11.9 Å². The van der Waals surface area contributed by atoms with Gasteiger partial charge < -0.3 is 15.4 Å². The van der Waals surface area contributed by atoms with Crippen molar-refractivity contribution in [1.29, 1.82) is 0 Å². The molecule has 3 aromatic rings. The average molecular weight is 363 g/mol. The van der Waals surface area contributed by atoms with Gasteiger partial charge in [0.2, 0.25) is 5.95 Å². The summed E-state index contributed by atoms with van der Waals surface area (Å²) in [5, 5.41) is 5.95. The summed E-state index contributed by atoms with van der Waals surface area (Å²) >= 11 is 0. The molecule has 3 rings (SSSR count). The highest BCUT2D eigenvalue weighted by Gasteiger charge is 2.08. The molecule has 7 heteroatoms. The van der Waals surface area contributed by atoms with E-state index in [0.717, 1.165) is 17.0 Å². The number of pyridine rings is 1. The molecule has 0 bridgehead atoms. The number of nitrogens with zero attached hydrogens (tertiary/aromatic N) is 3. The Kier molecular flexibility index (Phi) is 6.30. The molecular weight excluding hydrogens is 342 g/mol. The van der Waals surface area contributed by atoms with Crippen LogP contribution in [0.2, 0.25) is 0 Å². The van der Waals surface area contributed by atoms with Crippen molar-refractivity contribution in [2.75, 3.05) is 19.0 Å². The lowest BCUT2D eigenvalue weighted by molar-refractivity contribution is 0.0949. The van der Waals surface area contributed by atoms with Gasteiger partial charge in [-0.25, -0.2) is 9.97 Å². The molecule has 2 N–H and O–H groups in total. The molecule has 0 spiro atoms. The quantitative estimate of drug-likeness (QED) is 0.639. The minimum absolute atomic E-state index is 0.235. The fraction of sp³-hybridized carbons (Fsp3) is 0.200. The summed E-state index contributed by atoms with van der Waals surface area (Å²) < 4.78 is 5.20. The van der Waals surface area contributed by atoms with E-state index in [1.165, 1.54) is 0 Å². The minimum Gasteiger partial charge on any atom is -0.497 e. The van der Waals surface area contributed by atoms with Crippen LogP contribution in [-0.2, 0) is 13.0 Å². The third kappa shape index (κ3) is 5.50. The van der Waals surface area contributed by atoms with Gasteiger partial charge in [-0.2, -0.15) is 0 Å². The normalized spacial score (nSPS) is 10.3. The Hall–Kier alpha value is -3.48. The first-order valence-corrected chi connectivity index (χ1v) is 8.62. The van der Waals surface area contributed by atoms with E-state index in [1.807, 2.05) is 42.5 Å². The number of carbonyl (C=O) groups is 1. The second kappa shape index (κ2) is 9.28. The van der Waals surface area contributed by atoms with Gasteiger partial charge in [-0.15, -0.1) is 0 Å². The number of hydrogen-bond donors (Lipinski definition) is 2. The van der Waals surface area contributed by atoms with E-state index >= 15 is 0 Å². The summed E-state index contributed by atoms with van der Waals surface area (Å²) in [5.74, 6) is 0.959. The molecule has 1 amide bonds. The number of amides is 1. The predicted molar refractivity (Wildman–Crippen MR) is 103 cm³/mol. The molecule has 0 aliphatic carbocycles. The van der Waals surface area contributed by atoms with Crippen LogP contribution in [0.1, 0.15) is 21.7 Å². The van der Waals surface area contributed by atoms with E-state index in [-0.39, 0.29) is 5.91 Å². The lowest BCUT2D eigenvalue weighted by Gasteiger charge is -2.08. The van der Waals surface area contributed by atoms with E-state index in [2.05, 4.69) is 25.6 Å². The van der Waals surface area contributed by atoms with Crippen molar-refractivity contribution in [3.05, 3.63) is 77.9 Å². The molecule has 27 heavy (non-hydrogen) atoms. The Labute approximate surface area is 157 Å². The molecule has 0 unspecified atom stereocenters. The standard InChI is InChI=1S/C20H21N5O2/c1-27-17-7-4-5-15(13-17)8-11-22-19(26)18-9-12-23-20(25-18)24-14-16-6-2-3-10-21-16/h2-7,9-10,12-13H,8,11,14H2,1H3,(H,22,26)(H,23,24,25). The summed E-state index contributed by atoms with van der Waals surface area (Å²) in [6.45, 7) is 0.994. The Morgan fingerprint density at radius 2 is 2.00 bits per heavy atom. The lowest BCUT2D eigenvalue weighted by atomic mass is 10.1. The van der Waals surface area contributed by atoms with Crippen LogP contribution in [0, 0.1) is 0 Å². The summed E-state index contributed by atoms with van der Waals surface area (Å²) in [5.41, 5.74) is 2.28. The first kappa shape index (κ1) is 18.3. The molecule has 1 aromatic carbocycles. The highest BCUT2D eigenvalue weighted by atomic mass is 16.5. The van der Waals surface area contributed by atoms with Gasteiger partial charge in [-0.1, -0.05) is 18.2 Å². The number of anilines is 1. The maximum absolute atomic E-state index is 12.3. The second-order valence-corrected chi connectivity index (χ2v) is 5.80. The fourth-order valence-corrected chi connectivity index (χ4v) is 2.48. The molecule has 0 fully saturated rings. The molecule has 0 aliphatic rings. The van der Waals surface area contributed by atoms with Gasteiger partial charge in [-0.3, -0.25) is 9.78 Å². The Balaban J connectivity index is 1.52. The number of rotatable bonds is 8. The number of hydrogen-bond acceptors (Lipinski definition) is 6. The van der Waals surface area contributed by atoms with Crippen LogP contribution in [0.4, 0.5) is 5.95 Å². The molecule has 0 radical (unpaired) electrons. The molecule has 0 saturated heterocycles. The van der Waals surface area contributed by atoms with Crippen molar-refractivity contribution in [2.45, 2.75) is 13.0 Å². The third-order valence-electron chi connectivity index (χ3n) is 3.88. The molecular formula is C20H21N5O2. The minimum atomic E-state index is -0.235. The van der Waals surface area contributed by atoms with Crippen LogP contribution in [0.5, 0.6) is 5.75 Å². The molecule has 7 nitrogen and oxygen atoms in total. The average Bonchev–Trinajstić information content (AvgIpc) is 2.73. The number of nitrogens with one attached hydrogen (secondary N) is 2. The van der Waals surface area contributed by atoms with E-state index in [1.54, 1.807) is 25.6 Å². The Morgan fingerprint density at radius 1 is 1.07 bits per heavy atom. The zero-order chi connectivity index (χ0) is 18.9. The van der Waals surface area contributed by atoms with Gasteiger partial charge in [0.25, 0.3) is 5.91 Å². The summed E-state index contributed by atoms with van der Waals surface area (Å²) in [4.78, 5) is 24.9. The number of carbonyl (C=O) groups excluding carboxylic acids is 1. The Bertz CT molecular complexity index is 886.